The Balaban J connectivity index is 2.96. The summed E-state index contributed by atoms with van der Waals surface area (Å²) in [5, 5.41) is 12.5. The van der Waals surface area contributed by atoms with E-state index in [2.05, 4.69) is 25.2 Å². The van der Waals surface area contributed by atoms with E-state index < -0.39 is 0 Å². The lowest BCUT2D eigenvalue weighted by Crippen LogP contribution is -2.31. The minimum absolute atomic E-state index is 0.216. The number of methoxy groups -OCH3 is 1. The normalized spacial score (nSPS) is 12.2. The maximum Gasteiger partial charge on any atom is 0.101 e. The van der Waals surface area contributed by atoms with Crippen molar-refractivity contribution in [3.05, 3.63) is 29.3 Å². The van der Waals surface area contributed by atoms with E-state index >= 15 is 0 Å². The van der Waals surface area contributed by atoms with Gasteiger partial charge in [0.2, 0.25) is 0 Å². The number of nitriles is 1. The molecule has 0 radical (unpaired) electrons. The minimum Gasteiger partial charge on any atom is -0.383 e. The van der Waals surface area contributed by atoms with Crippen molar-refractivity contribution in [1.29, 1.82) is 5.26 Å². The Labute approximate surface area is 103 Å². The molecule has 1 rings (SSSR count). The molecule has 0 spiro atoms. The number of rotatable bonds is 5. The van der Waals surface area contributed by atoms with Gasteiger partial charge in [0.25, 0.3) is 0 Å². The zero-order valence-corrected chi connectivity index (χ0v) is 10.9. The summed E-state index contributed by atoms with van der Waals surface area (Å²) in [4.78, 5) is 0. The van der Waals surface area contributed by atoms with Crippen LogP contribution < -0.4 is 5.32 Å². The number of anilines is 1. The number of para-hydroxylation sites is 1. The highest BCUT2D eigenvalue weighted by Gasteiger charge is 2.15. The van der Waals surface area contributed by atoms with Crippen molar-refractivity contribution in [3.63, 3.8) is 0 Å². The third kappa shape index (κ3) is 3.47. The third-order valence-corrected chi connectivity index (χ3v) is 2.87. The molecule has 1 N–H and O–H groups in total. The second kappa shape index (κ2) is 6.27. The van der Waals surface area contributed by atoms with Crippen LogP contribution in [0.2, 0.25) is 0 Å². The van der Waals surface area contributed by atoms with E-state index in [0.717, 1.165) is 11.3 Å². The molecule has 0 fully saturated rings. The molecule has 0 bridgehead atoms. The van der Waals surface area contributed by atoms with Gasteiger partial charge in [0.1, 0.15) is 6.07 Å². The highest BCUT2D eigenvalue weighted by atomic mass is 16.5. The fraction of sp³-hybridized carbons (Fsp3) is 0.500. The Morgan fingerprint density at radius 1 is 1.41 bits per heavy atom. The SMILES string of the molecule is COCC(Nc1c(C)cccc1C#N)C(C)C. The average Bonchev–Trinajstić information content (AvgIpc) is 2.30. The van der Waals surface area contributed by atoms with Crippen LogP contribution in [0.1, 0.15) is 25.0 Å². The zero-order valence-electron chi connectivity index (χ0n) is 10.9. The molecule has 1 aromatic rings. The third-order valence-electron chi connectivity index (χ3n) is 2.87. The van der Waals surface area contributed by atoms with Crippen LogP contribution in [0.15, 0.2) is 18.2 Å². The molecule has 0 saturated heterocycles. The van der Waals surface area contributed by atoms with E-state index in [9.17, 15) is 0 Å². The summed E-state index contributed by atoms with van der Waals surface area (Å²) in [6.45, 7) is 6.92. The van der Waals surface area contributed by atoms with Crippen molar-refractivity contribution < 1.29 is 4.74 Å². The van der Waals surface area contributed by atoms with Crippen molar-refractivity contribution in [2.24, 2.45) is 5.92 Å². The number of aryl methyl sites for hydroxylation is 1. The lowest BCUT2D eigenvalue weighted by atomic mass is 10.0. The molecule has 0 aliphatic heterocycles. The Kier molecular flexibility index (Phi) is 4.99. The number of hydrogen-bond donors (Lipinski definition) is 1. The first-order chi connectivity index (χ1) is 8.10. The first-order valence-corrected chi connectivity index (χ1v) is 5.85. The van der Waals surface area contributed by atoms with Crippen LogP contribution in [-0.2, 0) is 4.74 Å². The van der Waals surface area contributed by atoms with Gasteiger partial charge in [-0.05, 0) is 24.5 Å². The van der Waals surface area contributed by atoms with Crippen LogP contribution in [0.4, 0.5) is 5.69 Å². The van der Waals surface area contributed by atoms with Crippen LogP contribution in [0.3, 0.4) is 0 Å². The van der Waals surface area contributed by atoms with Gasteiger partial charge in [-0.25, -0.2) is 0 Å². The van der Waals surface area contributed by atoms with Crippen LogP contribution in [-0.4, -0.2) is 19.8 Å². The van der Waals surface area contributed by atoms with Gasteiger partial charge >= 0.3 is 0 Å². The maximum absolute atomic E-state index is 9.10. The summed E-state index contributed by atoms with van der Waals surface area (Å²) in [6.07, 6.45) is 0. The summed E-state index contributed by atoms with van der Waals surface area (Å²) >= 11 is 0. The van der Waals surface area contributed by atoms with Gasteiger partial charge in [-0.1, -0.05) is 26.0 Å². The Bertz CT molecular complexity index is 407. The van der Waals surface area contributed by atoms with Gasteiger partial charge in [0.15, 0.2) is 0 Å². The van der Waals surface area contributed by atoms with E-state index in [1.54, 1.807) is 7.11 Å². The molecule has 1 aromatic carbocycles. The molecule has 3 nitrogen and oxygen atoms in total. The predicted octanol–water partition coefficient (Wildman–Crippen LogP) is 2.95. The molecular formula is C14H20N2O. The van der Waals surface area contributed by atoms with Gasteiger partial charge in [-0.15, -0.1) is 0 Å². The lowest BCUT2D eigenvalue weighted by molar-refractivity contribution is 0.171. The first-order valence-electron chi connectivity index (χ1n) is 5.85. The smallest absolute Gasteiger partial charge is 0.101 e. The van der Waals surface area contributed by atoms with Crippen molar-refractivity contribution in [3.8, 4) is 6.07 Å². The van der Waals surface area contributed by atoms with Crippen LogP contribution in [0, 0.1) is 24.2 Å². The summed E-state index contributed by atoms with van der Waals surface area (Å²) in [6, 6.07) is 8.18. The van der Waals surface area contributed by atoms with E-state index in [1.807, 2.05) is 25.1 Å². The second-order valence-corrected chi connectivity index (χ2v) is 4.56. The van der Waals surface area contributed by atoms with Gasteiger partial charge in [0, 0.05) is 7.11 Å². The molecule has 1 atom stereocenters. The number of benzene rings is 1. The summed E-state index contributed by atoms with van der Waals surface area (Å²) in [5.41, 5.74) is 2.70. The van der Waals surface area contributed by atoms with Crippen molar-refractivity contribution in [1.82, 2.24) is 0 Å². The monoisotopic (exact) mass is 232 g/mol. The Morgan fingerprint density at radius 3 is 2.65 bits per heavy atom. The summed E-state index contributed by atoms with van der Waals surface area (Å²) in [5.74, 6) is 0.445. The molecule has 3 heteroatoms. The predicted molar refractivity (Wildman–Crippen MR) is 70.0 cm³/mol. The number of hydrogen-bond acceptors (Lipinski definition) is 3. The molecular weight excluding hydrogens is 212 g/mol. The summed E-state index contributed by atoms with van der Waals surface area (Å²) < 4.78 is 5.21. The van der Waals surface area contributed by atoms with Gasteiger partial charge in [-0.2, -0.15) is 5.26 Å². The molecule has 0 aliphatic rings. The highest BCUT2D eigenvalue weighted by Crippen LogP contribution is 2.22. The first kappa shape index (κ1) is 13.5. The molecule has 1 unspecified atom stereocenters. The largest absolute Gasteiger partial charge is 0.383 e. The molecule has 0 amide bonds. The highest BCUT2D eigenvalue weighted by molar-refractivity contribution is 5.62. The number of ether oxygens (including phenoxy) is 1. The number of nitrogens with zero attached hydrogens (tertiary/aromatic N) is 1. The zero-order chi connectivity index (χ0) is 12.8. The molecule has 17 heavy (non-hydrogen) atoms. The molecule has 0 aromatic heterocycles. The Morgan fingerprint density at radius 2 is 2.12 bits per heavy atom. The Hall–Kier alpha value is -1.53. The molecule has 92 valence electrons. The van der Waals surface area contributed by atoms with Crippen LogP contribution in [0.25, 0.3) is 0 Å². The average molecular weight is 232 g/mol. The fourth-order valence-electron chi connectivity index (χ4n) is 1.72. The quantitative estimate of drug-likeness (QED) is 0.849. The molecule has 0 heterocycles. The standard InChI is InChI=1S/C14H20N2O/c1-10(2)13(9-17-4)16-14-11(3)6-5-7-12(14)8-15/h5-7,10,13,16H,9H2,1-4H3. The van der Waals surface area contributed by atoms with Crippen LogP contribution in [0.5, 0.6) is 0 Å². The van der Waals surface area contributed by atoms with Gasteiger partial charge in [-0.3, -0.25) is 0 Å². The van der Waals surface area contributed by atoms with E-state index in [-0.39, 0.29) is 6.04 Å². The topological polar surface area (TPSA) is 45.0 Å². The maximum atomic E-state index is 9.10. The molecule has 0 saturated carbocycles. The van der Waals surface area contributed by atoms with Crippen molar-refractivity contribution in [2.75, 3.05) is 19.0 Å². The van der Waals surface area contributed by atoms with Crippen LogP contribution >= 0.6 is 0 Å². The molecule has 0 aliphatic carbocycles. The van der Waals surface area contributed by atoms with E-state index in [1.165, 1.54) is 0 Å². The number of nitrogens with one attached hydrogen (secondary N) is 1. The fourth-order valence-corrected chi connectivity index (χ4v) is 1.72. The minimum atomic E-state index is 0.216. The van der Waals surface area contributed by atoms with Crippen molar-refractivity contribution >= 4 is 5.69 Å². The van der Waals surface area contributed by atoms with E-state index in [0.29, 0.717) is 18.1 Å². The second-order valence-electron chi connectivity index (χ2n) is 4.56. The summed E-state index contributed by atoms with van der Waals surface area (Å²) in [7, 11) is 1.69. The van der Waals surface area contributed by atoms with Gasteiger partial charge in [0.05, 0.1) is 23.9 Å². The van der Waals surface area contributed by atoms with Gasteiger partial charge < -0.3 is 10.1 Å². The van der Waals surface area contributed by atoms with Crippen molar-refractivity contribution in [2.45, 2.75) is 26.8 Å². The lowest BCUT2D eigenvalue weighted by Gasteiger charge is -2.24. The van der Waals surface area contributed by atoms with E-state index in [4.69, 9.17) is 10.00 Å².